The molecule has 4 aliphatic rings. The summed E-state index contributed by atoms with van der Waals surface area (Å²) in [4.78, 5) is 54.0. The Balaban J connectivity index is 1.26. The van der Waals surface area contributed by atoms with Crippen LogP contribution in [0.2, 0.25) is 0 Å². The number of aromatic carboxylic acids is 1. The van der Waals surface area contributed by atoms with E-state index in [1.165, 1.54) is 29.2 Å². The van der Waals surface area contributed by atoms with Crippen molar-refractivity contribution in [1.82, 2.24) is 0 Å². The van der Waals surface area contributed by atoms with Crippen LogP contribution in [0.1, 0.15) is 43.0 Å². The lowest BCUT2D eigenvalue weighted by molar-refractivity contribution is -0.122. The average molecular weight is 672 g/mol. The van der Waals surface area contributed by atoms with Crippen molar-refractivity contribution < 1.29 is 24.3 Å². The molecular weight excluding hydrogens is 652 g/mol. The van der Waals surface area contributed by atoms with Crippen LogP contribution in [0.4, 0.5) is 11.4 Å². The summed E-state index contributed by atoms with van der Waals surface area (Å²) in [6.07, 6.45) is 0. The first-order valence-corrected chi connectivity index (χ1v) is 14.5. The Bertz CT molecular complexity index is 1700. The highest BCUT2D eigenvalue weighted by molar-refractivity contribution is 9.10. The van der Waals surface area contributed by atoms with Crippen LogP contribution in [0.15, 0.2) is 97.1 Å². The van der Waals surface area contributed by atoms with E-state index in [-0.39, 0.29) is 28.6 Å². The summed E-state index contributed by atoms with van der Waals surface area (Å²) < 4.78 is -1.78. The third-order valence-corrected chi connectivity index (χ3v) is 11.1. The normalized spacial score (nSPS) is 25.4. The Morgan fingerprint density at radius 3 is 1.59 bits per heavy atom. The second kappa shape index (κ2) is 8.96. The molecule has 0 saturated carbocycles. The van der Waals surface area contributed by atoms with Gasteiger partial charge in [-0.2, -0.15) is 0 Å². The van der Waals surface area contributed by atoms with Gasteiger partial charge < -0.3 is 10.4 Å². The predicted octanol–water partition coefficient (Wildman–Crippen LogP) is 6.05. The molecule has 2 atom stereocenters. The number of halogens is 2. The van der Waals surface area contributed by atoms with Gasteiger partial charge in [-0.1, -0.05) is 92.5 Å². The number of anilines is 2. The molecule has 1 aliphatic heterocycles. The van der Waals surface area contributed by atoms with Crippen molar-refractivity contribution in [3.63, 3.8) is 0 Å². The van der Waals surface area contributed by atoms with E-state index in [1.807, 2.05) is 48.5 Å². The summed E-state index contributed by atoms with van der Waals surface area (Å²) in [5.41, 5.74) is 4.56. The number of benzene rings is 4. The first-order valence-electron chi connectivity index (χ1n) is 12.9. The third-order valence-electron chi connectivity index (χ3n) is 8.38. The van der Waals surface area contributed by atoms with Crippen molar-refractivity contribution in [2.45, 2.75) is 8.65 Å². The maximum absolute atomic E-state index is 14.2. The molecule has 3 amide bonds. The summed E-state index contributed by atoms with van der Waals surface area (Å²) in [6.45, 7) is 0. The number of rotatable bonds is 4. The highest BCUT2D eigenvalue weighted by Crippen LogP contribution is 2.70. The number of imide groups is 1. The number of nitrogens with one attached hydrogen (secondary N) is 1. The molecule has 1 heterocycles. The number of nitrogens with zero attached hydrogens (tertiary/aromatic N) is 1. The van der Waals surface area contributed by atoms with Crippen molar-refractivity contribution >= 4 is 66.9 Å². The van der Waals surface area contributed by atoms with Crippen LogP contribution in [0.25, 0.3) is 0 Å². The van der Waals surface area contributed by atoms with Crippen LogP contribution >= 0.6 is 31.9 Å². The van der Waals surface area contributed by atoms with Gasteiger partial charge in [0.05, 0.1) is 37.4 Å². The van der Waals surface area contributed by atoms with E-state index in [2.05, 4.69) is 37.2 Å². The van der Waals surface area contributed by atoms with Gasteiger partial charge in [0, 0.05) is 5.56 Å². The molecule has 1 fully saturated rings. The number of amides is 3. The lowest BCUT2D eigenvalue weighted by atomic mass is 9.54. The summed E-state index contributed by atoms with van der Waals surface area (Å²) in [6, 6.07) is 28.0. The molecule has 0 radical (unpaired) electrons. The molecule has 0 aromatic heterocycles. The monoisotopic (exact) mass is 670 g/mol. The van der Waals surface area contributed by atoms with Gasteiger partial charge in [-0.05, 0) is 58.7 Å². The van der Waals surface area contributed by atoms with Gasteiger partial charge in [-0.15, -0.1) is 0 Å². The Labute approximate surface area is 251 Å². The van der Waals surface area contributed by atoms with Crippen LogP contribution < -0.4 is 10.2 Å². The topological polar surface area (TPSA) is 104 Å². The number of alkyl halides is 2. The van der Waals surface area contributed by atoms with Gasteiger partial charge in [-0.25, -0.2) is 9.69 Å². The van der Waals surface area contributed by atoms with E-state index in [0.717, 1.165) is 22.3 Å². The van der Waals surface area contributed by atoms with Crippen LogP contribution in [0.5, 0.6) is 0 Å². The van der Waals surface area contributed by atoms with Crippen molar-refractivity contribution in [3.8, 4) is 0 Å². The van der Waals surface area contributed by atoms with Gasteiger partial charge in [-0.3, -0.25) is 14.4 Å². The molecule has 2 bridgehead atoms. The van der Waals surface area contributed by atoms with Gasteiger partial charge in [0.25, 0.3) is 5.91 Å². The molecule has 4 aromatic rings. The Hall–Kier alpha value is -4.08. The third kappa shape index (κ3) is 3.36. The molecule has 4 aromatic carbocycles. The van der Waals surface area contributed by atoms with Crippen molar-refractivity contribution in [2.24, 2.45) is 11.8 Å². The molecule has 0 spiro atoms. The fourth-order valence-electron chi connectivity index (χ4n) is 6.66. The van der Waals surface area contributed by atoms with E-state index < -0.39 is 32.4 Å². The van der Waals surface area contributed by atoms with Gasteiger partial charge in [0.1, 0.15) is 0 Å². The molecule has 0 unspecified atom stereocenters. The number of carboxylic acid groups (broad SMARTS) is 1. The summed E-state index contributed by atoms with van der Waals surface area (Å²) in [7, 11) is 0. The van der Waals surface area contributed by atoms with E-state index in [1.54, 1.807) is 24.3 Å². The lowest BCUT2D eigenvalue weighted by Gasteiger charge is -2.55. The Kier molecular flexibility index (Phi) is 5.65. The van der Waals surface area contributed by atoms with Crippen molar-refractivity contribution in [3.05, 3.63) is 130 Å². The molecule has 41 heavy (non-hydrogen) atoms. The van der Waals surface area contributed by atoms with Gasteiger partial charge in [0.15, 0.2) is 0 Å². The van der Waals surface area contributed by atoms with E-state index >= 15 is 0 Å². The summed E-state index contributed by atoms with van der Waals surface area (Å²) in [5.74, 6) is -3.71. The molecular formula is C32H20Br2N2O5. The van der Waals surface area contributed by atoms with Gasteiger partial charge in [0.2, 0.25) is 11.8 Å². The fourth-order valence-corrected chi connectivity index (χ4v) is 8.96. The molecule has 8 rings (SSSR count). The minimum Gasteiger partial charge on any atom is -0.478 e. The SMILES string of the molecule is O=C(Nc1ccccc1C(=O)O)c1ccc(N2C(=O)[C@@H]3[C@@H](C2=O)C2(Br)c4ccccc4C3(Br)c3ccccc32)cc1. The number of carbonyl (C=O) groups excluding carboxylic acids is 3. The average Bonchev–Trinajstić information content (AvgIpc) is 3.27. The molecule has 2 N–H and O–H groups in total. The zero-order chi connectivity index (χ0) is 28.7. The number of carbonyl (C=O) groups is 4. The molecule has 1 saturated heterocycles. The smallest absolute Gasteiger partial charge is 0.337 e. The highest BCUT2D eigenvalue weighted by atomic mass is 79.9. The second-order valence-electron chi connectivity index (χ2n) is 10.3. The van der Waals surface area contributed by atoms with Gasteiger partial charge >= 0.3 is 5.97 Å². The minimum absolute atomic E-state index is 0.0302. The van der Waals surface area contributed by atoms with Crippen LogP contribution in [-0.4, -0.2) is 28.8 Å². The Morgan fingerprint density at radius 1 is 0.683 bits per heavy atom. The second-order valence-corrected chi connectivity index (χ2v) is 12.8. The van der Waals surface area contributed by atoms with Crippen LogP contribution in [0, 0.1) is 11.8 Å². The quantitative estimate of drug-likeness (QED) is 0.203. The van der Waals surface area contributed by atoms with E-state index in [9.17, 15) is 24.3 Å². The van der Waals surface area contributed by atoms with E-state index in [0.29, 0.717) is 5.69 Å². The van der Waals surface area contributed by atoms with Crippen LogP contribution in [0.3, 0.4) is 0 Å². The number of hydrogen-bond donors (Lipinski definition) is 2. The lowest BCUT2D eigenvalue weighted by Crippen LogP contribution is -2.56. The summed E-state index contributed by atoms with van der Waals surface area (Å²) in [5, 5.41) is 12.0. The van der Waals surface area contributed by atoms with E-state index in [4.69, 9.17) is 0 Å². The highest BCUT2D eigenvalue weighted by Gasteiger charge is 2.72. The fraction of sp³-hybridized carbons (Fsp3) is 0.125. The summed E-state index contributed by atoms with van der Waals surface area (Å²) >= 11 is 7.98. The number of carboxylic acids is 1. The predicted molar refractivity (Wildman–Crippen MR) is 160 cm³/mol. The van der Waals surface area contributed by atoms with Crippen molar-refractivity contribution in [2.75, 3.05) is 10.2 Å². The maximum Gasteiger partial charge on any atom is 0.337 e. The first kappa shape index (κ1) is 25.9. The maximum atomic E-state index is 14.2. The van der Waals surface area contributed by atoms with Crippen molar-refractivity contribution in [1.29, 1.82) is 0 Å². The Morgan fingerprint density at radius 2 is 1.12 bits per heavy atom. The molecule has 9 heteroatoms. The molecule has 3 aliphatic carbocycles. The molecule has 7 nitrogen and oxygen atoms in total. The molecule has 202 valence electrons. The zero-order valence-corrected chi connectivity index (χ0v) is 24.3. The zero-order valence-electron chi connectivity index (χ0n) is 21.2. The number of hydrogen-bond acceptors (Lipinski definition) is 4. The standard InChI is InChI=1S/C32H20Br2N2O5/c33-31-20-8-2-3-9-21(20)32(34,23-11-5-4-10-22(23)31)26-25(31)28(38)36(29(26)39)18-15-13-17(14-16-18)27(37)35-24-12-6-1-7-19(24)30(40)41/h1-16,25-26H,(H,35,37)(H,40,41)/t25-,26-,31?,32?/m0/s1. The number of para-hydroxylation sites is 1. The largest absolute Gasteiger partial charge is 0.478 e. The minimum atomic E-state index is -1.16. The first-order chi connectivity index (χ1) is 19.7. The van der Waals surface area contributed by atoms with Crippen LogP contribution in [-0.2, 0) is 18.2 Å².